The summed E-state index contributed by atoms with van der Waals surface area (Å²) < 4.78 is 5.19. The number of anilines is 3. The van der Waals surface area contributed by atoms with Crippen molar-refractivity contribution in [3.63, 3.8) is 0 Å². The Kier molecular flexibility index (Phi) is 6.11. The van der Waals surface area contributed by atoms with Gasteiger partial charge in [0.2, 0.25) is 5.91 Å². The summed E-state index contributed by atoms with van der Waals surface area (Å²) in [5.74, 6) is 3.95. The number of piperazine rings is 1. The van der Waals surface area contributed by atoms with Crippen molar-refractivity contribution in [2.45, 2.75) is 33.6 Å². The van der Waals surface area contributed by atoms with Gasteiger partial charge in [-0.05, 0) is 39.3 Å². The molecule has 4 heterocycles. The summed E-state index contributed by atoms with van der Waals surface area (Å²) in [4.78, 5) is 30.1. The van der Waals surface area contributed by atoms with Gasteiger partial charge in [0.25, 0.3) is 0 Å². The van der Waals surface area contributed by atoms with E-state index >= 15 is 0 Å². The van der Waals surface area contributed by atoms with Crippen LogP contribution >= 0.6 is 0 Å². The summed E-state index contributed by atoms with van der Waals surface area (Å²) in [5.41, 5.74) is 1.90. The molecule has 0 saturated carbocycles. The summed E-state index contributed by atoms with van der Waals surface area (Å²) in [5, 5.41) is 7.19. The molecule has 1 aliphatic heterocycles. The topological polar surface area (TPSA) is 100 Å². The Balaban J connectivity index is 1.34. The van der Waals surface area contributed by atoms with E-state index in [0.29, 0.717) is 37.6 Å². The summed E-state index contributed by atoms with van der Waals surface area (Å²) in [6, 6.07) is 7.62. The number of aromatic nitrogens is 4. The summed E-state index contributed by atoms with van der Waals surface area (Å²) in [7, 11) is 0. The highest BCUT2D eigenvalue weighted by molar-refractivity contribution is 5.77. The van der Waals surface area contributed by atoms with E-state index < -0.39 is 0 Å². The fraction of sp³-hybridized carbons (Fsp3) is 0.409. The minimum atomic E-state index is 0.163. The predicted molar refractivity (Wildman–Crippen MR) is 117 cm³/mol. The Morgan fingerprint density at radius 3 is 2.58 bits per heavy atom. The highest BCUT2D eigenvalue weighted by Gasteiger charge is 2.23. The van der Waals surface area contributed by atoms with Crippen LogP contribution in [-0.2, 0) is 11.2 Å². The lowest BCUT2D eigenvalue weighted by molar-refractivity contribution is -0.131. The normalized spacial score (nSPS) is 14.0. The number of hydrogen-bond acceptors (Lipinski definition) is 8. The van der Waals surface area contributed by atoms with Crippen LogP contribution in [0.3, 0.4) is 0 Å². The molecule has 9 nitrogen and oxygen atoms in total. The van der Waals surface area contributed by atoms with Crippen LogP contribution < -0.4 is 10.2 Å². The lowest BCUT2D eigenvalue weighted by Crippen LogP contribution is -2.49. The molecule has 0 spiro atoms. The Morgan fingerprint density at radius 1 is 1.10 bits per heavy atom. The first-order valence-corrected chi connectivity index (χ1v) is 10.5. The lowest BCUT2D eigenvalue weighted by Gasteiger charge is -2.35. The van der Waals surface area contributed by atoms with E-state index in [0.717, 1.165) is 41.7 Å². The zero-order chi connectivity index (χ0) is 21.8. The number of carbonyl (C=O) groups excluding carboxylic acids is 1. The molecular weight excluding hydrogens is 394 g/mol. The molecule has 0 aliphatic carbocycles. The highest BCUT2D eigenvalue weighted by atomic mass is 16.5. The molecule has 162 valence electrons. The second-order valence-electron chi connectivity index (χ2n) is 7.67. The van der Waals surface area contributed by atoms with Gasteiger partial charge in [-0.2, -0.15) is 0 Å². The first-order valence-electron chi connectivity index (χ1n) is 10.5. The molecule has 0 radical (unpaired) electrons. The molecule has 1 saturated heterocycles. The molecule has 0 bridgehead atoms. The molecule has 0 atom stereocenters. The first kappa shape index (κ1) is 20.8. The molecule has 31 heavy (non-hydrogen) atoms. The van der Waals surface area contributed by atoms with Gasteiger partial charge in [0.1, 0.15) is 29.0 Å². The Labute approximate surface area is 181 Å². The van der Waals surface area contributed by atoms with Crippen molar-refractivity contribution < 1.29 is 9.32 Å². The largest absolute Gasteiger partial charge is 0.361 e. The minimum absolute atomic E-state index is 0.163. The molecule has 9 heteroatoms. The smallest absolute Gasteiger partial charge is 0.223 e. The standard InChI is InChI=1S/C22H27N7O2/c1-15-18(16(2)31-27-15)7-8-22(30)29-12-10-28(11-13-29)21-14-20(24-17(3)25-21)26-19-6-4-5-9-23-19/h4-6,9,14H,7-8,10-13H2,1-3H3,(H,23,24,25,26). The number of nitrogens with zero attached hydrogens (tertiary/aromatic N) is 6. The van der Waals surface area contributed by atoms with Crippen molar-refractivity contribution >= 4 is 23.4 Å². The van der Waals surface area contributed by atoms with E-state index in [1.54, 1.807) is 6.20 Å². The maximum absolute atomic E-state index is 12.7. The Hall–Kier alpha value is -3.49. The number of pyridine rings is 1. The second-order valence-corrected chi connectivity index (χ2v) is 7.67. The van der Waals surface area contributed by atoms with Crippen molar-refractivity contribution in [3.05, 3.63) is 53.3 Å². The first-order chi connectivity index (χ1) is 15.0. The Morgan fingerprint density at radius 2 is 1.90 bits per heavy atom. The number of nitrogens with one attached hydrogen (secondary N) is 1. The van der Waals surface area contributed by atoms with Gasteiger partial charge in [-0.1, -0.05) is 11.2 Å². The van der Waals surface area contributed by atoms with Crippen LogP contribution in [0.5, 0.6) is 0 Å². The zero-order valence-electron chi connectivity index (χ0n) is 18.1. The van der Waals surface area contributed by atoms with Gasteiger partial charge in [-0.3, -0.25) is 4.79 Å². The maximum atomic E-state index is 12.7. The van der Waals surface area contributed by atoms with E-state index in [2.05, 4.69) is 30.3 Å². The van der Waals surface area contributed by atoms with Gasteiger partial charge in [-0.25, -0.2) is 15.0 Å². The summed E-state index contributed by atoms with van der Waals surface area (Å²) >= 11 is 0. The summed E-state index contributed by atoms with van der Waals surface area (Å²) in [6.07, 6.45) is 2.86. The van der Waals surface area contributed by atoms with Gasteiger partial charge >= 0.3 is 0 Å². The van der Waals surface area contributed by atoms with Crippen LogP contribution in [0.4, 0.5) is 17.5 Å². The van der Waals surface area contributed by atoms with Crippen LogP contribution in [0.25, 0.3) is 0 Å². The molecule has 0 aromatic carbocycles. The molecule has 0 unspecified atom stereocenters. The number of rotatable bonds is 6. The van der Waals surface area contributed by atoms with Crippen LogP contribution in [0.15, 0.2) is 35.0 Å². The predicted octanol–water partition coefficient (Wildman–Crippen LogP) is 2.81. The van der Waals surface area contributed by atoms with Crippen molar-refractivity contribution in [2.75, 3.05) is 36.4 Å². The Bertz CT molecular complexity index is 1020. The molecule has 1 aliphatic rings. The molecular formula is C22H27N7O2. The zero-order valence-corrected chi connectivity index (χ0v) is 18.1. The van der Waals surface area contributed by atoms with E-state index in [-0.39, 0.29) is 5.91 Å². The van der Waals surface area contributed by atoms with Gasteiger partial charge in [-0.15, -0.1) is 0 Å². The highest BCUT2D eigenvalue weighted by Crippen LogP contribution is 2.21. The van der Waals surface area contributed by atoms with Crippen molar-refractivity contribution in [1.29, 1.82) is 0 Å². The second kappa shape index (κ2) is 9.11. The average molecular weight is 422 g/mol. The van der Waals surface area contributed by atoms with Crippen molar-refractivity contribution in [3.8, 4) is 0 Å². The molecule has 1 amide bonds. The lowest BCUT2D eigenvalue weighted by atomic mass is 10.1. The minimum Gasteiger partial charge on any atom is -0.361 e. The number of carbonyl (C=O) groups is 1. The SMILES string of the molecule is Cc1nc(Nc2ccccn2)cc(N2CCN(C(=O)CCc3c(C)noc3C)CC2)n1. The van der Waals surface area contributed by atoms with E-state index in [1.807, 2.05) is 49.9 Å². The third kappa shape index (κ3) is 4.99. The quantitative estimate of drug-likeness (QED) is 0.649. The molecule has 1 fully saturated rings. The van der Waals surface area contributed by atoms with E-state index in [1.165, 1.54) is 0 Å². The monoisotopic (exact) mass is 421 g/mol. The molecule has 4 rings (SSSR count). The fourth-order valence-electron chi connectivity index (χ4n) is 3.78. The number of hydrogen-bond donors (Lipinski definition) is 1. The van der Waals surface area contributed by atoms with Crippen LogP contribution in [0, 0.1) is 20.8 Å². The fourth-order valence-corrected chi connectivity index (χ4v) is 3.78. The van der Waals surface area contributed by atoms with Crippen LogP contribution in [0.1, 0.15) is 29.3 Å². The molecule has 1 N–H and O–H groups in total. The van der Waals surface area contributed by atoms with E-state index in [4.69, 9.17) is 4.52 Å². The van der Waals surface area contributed by atoms with Gasteiger partial charge in [0, 0.05) is 50.4 Å². The van der Waals surface area contributed by atoms with E-state index in [9.17, 15) is 4.79 Å². The number of amides is 1. The molecule has 3 aromatic rings. The maximum Gasteiger partial charge on any atom is 0.223 e. The third-order valence-electron chi connectivity index (χ3n) is 5.47. The van der Waals surface area contributed by atoms with Crippen LogP contribution in [0.2, 0.25) is 0 Å². The average Bonchev–Trinajstić information content (AvgIpc) is 3.09. The third-order valence-corrected chi connectivity index (χ3v) is 5.47. The summed E-state index contributed by atoms with van der Waals surface area (Å²) in [6.45, 7) is 8.49. The van der Waals surface area contributed by atoms with Gasteiger partial charge in [0.05, 0.1) is 5.69 Å². The number of aryl methyl sites for hydroxylation is 3. The van der Waals surface area contributed by atoms with Crippen LogP contribution in [-0.4, -0.2) is 57.1 Å². The van der Waals surface area contributed by atoms with Gasteiger partial charge < -0.3 is 19.6 Å². The van der Waals surface area contributed by atoms with Crippen molar-refractivity contribution in [1.82, 2.24) is 25.0 Å². The molecule has 3 aromatic heterocycles. The van der Waals surface area contributed by atoms with Crippen molar-refractivity contribution in [2.24, 2.45) is 0 Å². The van der Waals surface area contributed by atoms with Gasteiger partial charge in [0.15, 0.2) is 0 Å².